The van der Waals surface area contributed by atoms with Crippen molar-refractivity contribution in [1.82, 2.24) is 9.80 Å². The second-order valence-electron chi connectivity index (χ2n) is 7.94. The minimum absolute atomic E-state index is 0.212. The molecular weight excluding hydrogens is 364 g/mol. The average molecular weight is 395 g/mol. The summed E-state index contributed by atoms with van der Waals surface area (Å²) in [5, 5.41) is 0.560. The van der Waals surface area contributed by atoms with E-state index in [9.17, 15) is 4.79 Å². The highest BCUT2D eigenvalue weighted by molar-refractivity contribution is 8.00. The third-order valence-corrected chi connectivity index (χ3v) is 7.47. The molecule has 0 unspecified atom stereocenters. The molecule has 28 heavy (non-hydrogen) atoms. The average Bonchev–Trinajstić information content (AvgIpc) is 3.24. The van der Waals surface area contributed by atoms with Gasteiger partial charge in [0.25, 0.3) is 0 Å². The van der Waals surface area contributed by atoms with Crippen molar-refractivity contribution >= 4 is 17.8 Å². The van der Waals surface area contributed by atoms with Gasteiger partial charge in [-0.2, -0.15) is 11.8 Å². The number of nitrogens with zero attached hydrogens (tertiary/aromatic N) is 2. The zero-order valence-corrected chi connectivity index (χ0v) is 17.5. The smallest absolute Gasteiger partial charge is 0.314 e. The van der Waals surface area contributed by atoms with Gasteiger partial charge in [0.1, 0.15) is 0 Å². The lowest BCUT2D eigenvalue weighted by molar-refractivity contribution is 0.180. The van der Waals surface area contributed by atoms with Crippen molar-refractivity contribution in [1.29, 1.82) is 0 Å². The molecule has 2 heterocycles. The molecule has 0 bridgehead atoms. The Hall–Kier alpha value is -1.94. The third-order valence-electron chi connectivity index (χ3n) is 5.99. The molecule has 2 fully saturated rings. The zero-order valence-electron chi connectivity index (χ0n) is 16.7. The minimum atomic E-state index is 0.212. The van der Waals surface area contributed by atoms with E-state index in [1.54, 1.807) is 0 Å². The summed E-state index contributed by atoms with van der Waals surface area (Å²) in [6.45, 7) is 3.69. The van der Waals surface area contributed by atoms with Crippen LogP contribution in [0.4, 0.5) is 4.79 Å². The van der Waals surface area contributed by atoms with Crippen molar-refractivity contribution in [2.45, 2.75) is 63.0 Å². The lowest BCUT2D eigenvalue weighted by atomic mass is 10.0. The highest BCUT2D eigenvalue weighted by Crippen LogP contribution is 2.42. The van der Waals surface area contributed by atoms with Gasteiger partial charge in [0, 0.05) is 24.1 Å². The summed E-state index contributed by atoms with van der Waals surface area (Å²) in [6.07, 6.45) is 5.02. The van der Waals surface area contributed by atoms with Gasteiger partial charge in [-0.3, -0.25) is 0 Å². The van der Waals surface area contributed by atoms with E-state index in [2.05, 4.69) is 77.0 Å². The van der Waals surface area contributed by atoms with Crippen LogP contribution in [0.2, 0.25) is 0 Å². The summed E-state index contributed by atoms with van der Waals surface area (Å²) < 4.78 is 0. The number of hydrogen-bond acceptors (Lipinski definition) is 2. The Balaban J connectivity index is 1.56. The van der Waals surface area contributed by atoms with E-state index in [4.69, 9.17) is 0 Å². The Bertz CT molecular complexity index is 767. The summed E-state index contributed by atoms with van der Waals surface area (Å²) in [7, 11) is 0. The van der Waals surface area contributed by atoms with Crippen molar-refractivity contribution in [3.05, 3.63) is 71.8 Å². The number of unbranched alkanes of at least 4 members (excludes halogenated alkanes) is 2. The number of benzene rings is 2. The second-order valence-corrected chi connectivity index (χ2v) is 9.21. The van der Waals surface area contributed by atoms with Gasteiger partial charge in [-0.05, 0) is 17.5 Å². The minimum Gasteiger partial charge on any atom is -0.314 e. The number of urea groups is 1. The summed E-state index contributed by atoms with van der Waals surface area (Å²) in [4.78, 5) is 17.7. The molecule has 0 saturated carbocycles. The van der Waals surface area contributed by atoms with Crippen molar-refractivity contribution in [3.8, 4) is 0 Å². The predicted molar refractivity (Wildman–Crippen MR) is 117 cm³/mol. The van der Waals surface area contributed by atoms with Crippen LogP contribution in [0, 0.1) is 0 Å². The fourth-order valence-corrected chi connectivity index (χ4v) is 6.23. The molecule has 0 aliphatic carbocycles. The summed E-state index contributed by atoms with van der Waals surface area (Å²) in [5.41, 5.74) is 2.44. The maximum absolute atomic E-state index is 13.4. The lowest BCUT2D eigenvalue weighted by Gasteiger charge is -2.27. The van der Waals surface area contributed by atoms with E-state index in [-0.39, 0.29) is 6.03 Å². The number of hydrogen-bond donors (Lipinski definition) is 0. The van der Waals surface area contributed by atoms with E-state index in [1.807, 2.05) is 12.1 Å². The topological polar surface area (TPSA) is 23.6 Å². The molecule has 0 radical (unpaired) electrons. The highest BCUT2D eigenvalue weighted by Gasteiger charge is 2.52. The van der Waals surface area contributed by atoms with Crippen LogP contribution in [0.5, 0.6) is 0 Å². The number of thioether (sulfide) groups is 1. The third kappa shape index (κ3) is 4.07. The first-order valence-electron chi connectivity index (χ1n) is 10.5. The molecule has 2 aromatic rings. The Labute approximate surface area is 173 Å². The molecule has 0 spiro atoms. The summed E-state index contributed by atoms with van der Waals surface area (Å²) >= 11 is 2.08. The van der Waals surface area contributed by atoms with Gasteiger partial charge in [0.05, 0.1) is 12.1 Å². The molecule has 2 amide bonds. The van der Waals surface area contributed by atoms with Gasteiger partial charge in [0.15, 0.2) is 0 Å². The van der Waals surface area contributed by atoms with Gasteiger partial charge in [-0.25, -0.2) is 4.79 Å². The number of fused-ring (bicyclic) bond motifs is 1. The monoisotopic (exact) mass is 394 g/mol. The molecular formula is C24H30N2OS. The SMILES string of the molecule is CCCCC[C@@H]1SC[C@H]2[C@@H]1N(Cc1ccccc1)C(=O)N2Cc1ccccc1. The first kappa shape index (κ1) is 19.4. The molecule has 2 aromatic carbocycles. The van der Waals surface area contributed by atoms with E-state index in [0.29, 0.717) is 23.9 Å². The van der Waals surface area contributed by atoms with Gasteiger partial charge < -0.3 is 9.80 Å². The maximum atomic E-state index is 13.4. The summed E-state index contributed by atoms with van der Waals surface area (Å²) in [6, 6.07) is 21.7. The van der Waals surface area contributed by atoms with Crippen LogP contribution in [0.1, 0.15) is 43.7 Å². The highest BCUT2D eigenvalue weighted by atomic mass is 32.2. The molecule has 4 rings (SSSR count). The van der Waals surface area contributed by atoms with Crippen LogP contribution in [0.25, 0.3) is 0 Å². The predicted octanol–water partition coefficient (Wildman–Crippen LogP) is 5.56. The van der Waals surface area contributed by atoms with E-state index in [1.165, 1.54) is 36.8 Å². The molecule has 2 aliphatic rings. The van der Waals surface area contributed by atoms with Crippen molar-refractivity contribution < 1.29 is 4.79 Å². The van der Waals surface area contributed by atoms with Gasteiger partial charge >= 0.3 is 6.03 Å². The Morgan fingerprint density at radius 1 is 0.893 bits per heavy atom. The second kappa shape index (κ2) is 9.04. The van der Waals surface area contributed by atoms with Crippen LogP contribution >= 0.6 is 11.8 Å². The van der Waals surface area contributed by atoms with Crippen molar-refractivity contribution in [2.75, 3.05) is 5.75 Å². The fraction of sp³-hybridized carbons (Fsp3) is 0.458. The van der Waals surface area contributed by atoms with E-state index < -0.39 is 0 Å². The lowest BCUT2D eigenvalue weighted by Crippen LogP contribution is -2.40. The molecule has 3 atom stereocenters. The molecule has 2 aliphatic heterocycles. The fourth-order valence-electron chi connectivity index (χ4n) is 4.55. The van der Waals surface area contributed by atoms with Gasteiger partial charge in [-0.15, -0.1) is 0 Å². The van der Waals surface area contributed by atoms with E-state index >= 15 is 0 Å². The zero-order chi connectivity index (χ0) is 19.3. The molecule has 0 aromatic heterocycles. The van der Waals surface area contributed by atoms with Crippen LogP contribution in [0.15, 0.2) is 60.7 Å². The van der Waals surface area contributed by atoms with E-state index in [0.717, 1.165) is 12.3 Å². The first-order valence-corrected chi connectivity index (χ1v) is 11.6. The molecule has 2 saturated heterocycles. The summed E-state index contributed by atoms with van der Waals surface area (Å²) in [5.74, 6) is 1.06. The Kier molecular flexibility index (Phi) is 6.26. The number of carbonyl (C=O) groups is 1. The number of rotatable bonds is 8. The van der Waals surface area contributed by atoms with Crippen LogP contribution in [0.3, 0.4) is 0 Å². The number of amides is 2. The molecule has 148 valence electrons. The van der Waals surface area contributed by atoms with Crippen LogP contribution < -0.4 is 0 Å². The normalized spacial score (nSPS) is 24.0. The Morgan fingerprint density at radius 2 is 1.50 bits per heavy atom. The number of carbonyl (C=O) groups excluding carboxylic acids is 1. The quantitative estimate of drug-likeness (QED) is 0.432. The van der Waals surface area contributed by atoms with Gasteiger partial charge in [-0.1, -0.05) is 86.8 Å². The van der Waals surface area contributed by atoms with Crippen LogP contribution in [-0.2, 0) is 13.1 Å². The van der Waals surface area contributed by atoms with Crippen molar-refractivity contribution in [2.24, 2.45) is 0 Å². The molecule has 0 N–H and O–H groups in total. The molecule has 4 heteroatoms. The standard InChI is InChI=1S/C24H30N2OS/c1-2-3-6-15-22-23-21(18-28-22)25(16-19-11-7-4-8-12-19)24(27)26(23)17-20-13-9-5-10-14-20/h4-5,7-14,21-23H,2-3,6,15-18H2,1H3/t21-,22-,23-/m0/s1. The molecule has 3 nitrogen and oxygen atoms in total. The first-order chi connectivity index (χ1) is 13.8. The Morgan fingerprint density at radius 3 is 2.11 bits per heavy atom. The maximum Gasteiger partial charge on any atom is 0.321 e. The van der Waals surface area contributed by atoms with Crippen molar-refractivity contribution in [3.63, 3.8) is 0 Å². The van der Waals surface area contributed by atoms with Gasteiger partial charge in [0.2, 0.25) is 0 Å². The largest absolute Gasteiger partial charge is 0.321 e. The van der Waals surface area contributed by atoms with Crippen LogP contribution in [-0.4, -0.2) is 38.9 Å².